The molecule has 0 bridgehead atoms. The molecule has 0 radical (unpaired) electrons. The van der Waals surface area contributed by atoms with Crippen LogP contribution in [0, 0.1) is 0 Å². The van der Waals surface area contributed by atoms with Gasteiger partial charge in [0.05, 0.1) is 45.8 Å². The zero-order valence-electron chi connectivity index (χ0n) is 16.5. The second kappa shape index (κ2) is 9.32. The molecule has 7 heteroatoms. The first-order valence-corrected chi connectivity index (χ1v) is 9.16. The Kier molecular flexibility index (Phi) is 6.60. The molecule has 0 atom stereocenters. The molecule has 7 nitrogen and oxygen atoms in total. The van der Waals surface area contributed by atoms with Crippen LogP contribution in [0.2, 0.25) is 0 Å². The standard InChI is InChI=1S/C21H26N2O5/c1-25-17-6-4-15(20(13-17)26-2)14-22-16-5-7-19(18(12-16)21(24)27-3)23-8-10-28-11-9-23/h4-7,12-13,22H,8-11,14H2,1-3H3. The maximum atomic E-state index is 12.3. The lowest BCUT2D eigenvalue weighted by Crippen LogP contribution is -2.37. The summed E-state index contributed by atoms with van der Waals surface area (Å²) in [5.41, 5.74) is 3.22. The number of carbonyl (C=O) groups excluding carboxylic acids is 1. The first-order valence-electron chi connectivity index (χ1n) is 9.16. The largest absolute Gasteiger partial charge is 0.497 e. The summed E-state index contributed by atoms with van der Waals surface area (Å²) in [7, 11) is 4.65. The molecule has 0 aromatic heterocycles. The van der Waals surface area contributed by atoms with Crippen LogP contribution in [0.4, 0.5) is 11.4 Å². The third kappa shape index (κ3) is 4.48. The first kappa shape index (κ1) is 19.8. The van der Waals surface area contributed by atoms with Crippen molar-refractivity contribution in [2.75, 3.05) is 57.8 Å². The van der Waals surface area contributed by atoms with Crippen LogP contribution in [0.3, 0.4) is 0 Å². The number of nitrogens with zero attached hydrogens (tertiary/aromatic N) is 1. The molecule has 0 amide bonds. The van der Waals surface area contributed by atoms with Crippen molar-refractivity contribution in [1.82, 2.24) is 0 Å². The Balaban J connectivity index is 1.80. The monoisotopic (exact) mass is 386 g/mol. The zero-order valence-corrected chi connectivity index (χ0v) is 16.5. The van der Waals surface area contributed by atoms with Crippen molar-refractivity contribution >= 4 is 17.3 Å². The third-order valence-corrected chi connectivity index (χ3v) is 4.73. The number of carbonyl (C=O) groups is 1. The van der Waals surface area contributed by atoms with Gasteiger partial charge in [0.2, 0.25) is 0 Å². The number of rotatable bonds is 7. The van der Waals surface area contributed by atoms with E-state index in [4.69, 9.17) is 18.9 Å². The minimum atomic E-state index is -0.354. The minimum Gasteiger partial charge on any atom is -0.497 e. The second-order valence-electron chi connectivity index (χ2n) is 6.35. The summed E-state index contributed by atoms with van der Waals surface area (Å²) < 4.78 is 21.1. The van der Waals surface area contributed by atoms with E-state index >= 15 is 0 Å². The van der Waals surface area contributed by atoms with Gasteiger partial charge in [-0.25, -0.2) is 4.79 Å². The van der Waals surface area contributed by atoms with Crippen molar-refractivity contribution in [3.05, 3.63) is 47.5 Å². The van der Waals surface area contributed by atoms with Crippen molar-refractivity contribution in [2.24, 2.45) is 0 Å². The number of morpholine rings is 1. The van der Waals surface area contributed by atoms with Gasteiger partial charge in [-0.1, -0.05) is 0 Å². The van der Waals surface area contributed by atoms with Crippen LogP contribution in [0.1, 0.15) is 15.9 Å². The molecule has 1 saturated heterocycles. The van der Waals surface area contributed by atoms with Crippen molar-refractivity contribution in [2.45, 2.75) is 6.54 Å². The van der Waals surface area contributed by atoms with Gasteiger partial charge in [0.1, 0.15) is 11.5 Å². The lowest BCUT2D eigenvalue weighted by Gasteiger charge is -2.30. The molecule has 1 fully saturated rings. The number of methoxy groups -OCH3 is 3. The Labute approximate surface area is 165 Å². The number of nitrogens with one attached hydrogen (secondary N) is 1. The van der Waals surface area contributed by atoms with E-state index in [9.17, 15) is 4.79 Å². The lowest BCUT2D eigenvalue weighted by molar-refractivity contribution is 0.0600. The van der Waals surface area contributed by atoms with E-state index < -0.39 is 0 Å². The highest BCUT2D eigenvalue weighted by atomic mass is 16.5. The number of hydrogen-bond acceptors (Lipinski definition) is 7. The molecule has 1 aliphatic rings. The molecule has 0 spiro atoms. The number of benzene rings is 2. The van der Waals surface area contributed by atoms with Gasteiger partial charge in [0.25, 0.3) is 0 Å². The average molecular weight is 386 g/mol. The quantitative estimate of drug-likeness (QED) is 0.734. The maximum Gasteiger partial charge on any atom is 0.340 e. The van der Waals surface area contributed by atoms with Gasteiger partial charge in [-0.15, -0.1) is 0 Å². The van der Waals surface area contributed by atoms with Crippen LogP contribution in [-0.2, 0) is 16.0 Å². The highest BCUT2D eigenvalue weighted by Gasteiger charge is 2.20. The smallest absolute Gasteiger partial charge is 0.340 e. The summed E-state index contributed by atoms with van der Waals surface area (Å²) in [5, 5.41) is 3.35. The lowest BCUT2D eigenvalue weighted by atomic mass is 10.1. The van der Waals surface area contributed by atoms with E-state index in [1.54, 1.807) is 14.2 Å². The SMILES string of the molecule is COC(=O)c1cc(NCc2ccc(OC)cc2OC)ccc1N1CCOCC1. The summed E-state index contributed by atoms with van der Waals surface area (Å²) >= 11 is 0. The Morgan fingerprint density at radius 2 is 1.86 bits per heavy atom. The minimum absolute atomic E-state index is 0.354. The first-order chi connectivity index (χ1) is 13.7. The van der Waals surface area contributed by atoms with Gasteiger partial charge >= 0.3 is 5.97 Å². The summed E-state index contributed by atoms with van der Waals surface area (Å²) in [4.78, 5) is 14.5. The molecule has 0 saturated carbocycles. The Morgan fingerprint density at radius 1 is 1.07 bits per heavy atom. The van der Waals surface area contributed by atoms with Gasteiger partial charge in [0.15, 0.2) is 0 Å². The molecule has 2 aromatic carbocycles. The molecular weight excluding hydrogens is 360 g/mol. The van der Waals surface area contributed by atoms with Gasteiger partial charge in [0, 0.05) is 37.0 Å². The van der Waals surface area contributed by atoms with E-state index in [2.05, 4.69) is 10.2 Å². The van der Waals surface area contributed by atoms with Crippen molar-refractivity contribution < 1.29 is 23.7 Å². The Hall–Kier alpha value is -2.93. The fourth-order valence-corrected chi connectivity index (χ4v) is 3.19. The summed E-state index contributed by atoms with van der Waals surface area (Å²) in [6.45, 7) is 3.35. The zero-order chi connectivity index (χ0) is 19.9. The van der Waals surface area contributed by atoms with Gasteiger partial charge in [-0.2, -0.15) is 0 Å². The van der Waals surface area contributed by atoms with E-state index in [1.807, 2.05) is 36.4 Å². The van der Waals surface area contributed by atoms with Crippen LogP contribution in [0.5, 0.6) is 11.5 Å². The number of anilines is 2. The second-order valence-corrected chi connectivity index (χ2v) is 6.35. The van der Waals surface area contributed by atoms with Crippen molar-refractivity contribution in [3.8, 4) is 11.5 Å². The van der Waals surface area contributed by atoms with Crippen molar-refractivity contribution in [3.63, 3.8) is 0 Å². The molecule has 0 unspecified atom stereocenters. The van der Waals surface area contributed by atoms with E-state index in [0.717, 1.165) is 41.5 Å². The molecule has 0 aliphatic carbocycles. The van der Waals surface area contributed by atoms with E-state index in [1.165, 1.54) is 7.11 Å². The molecule has 1 N–H and O–H groups in total. The number of esters is 1. The van der Waals surface area contributed by atoms with Gasteiger partial charge in [-0.3, -0.25) is 0 Å². The van der Waals surface area contributed by atoms with E-state index in [-0.39, 0.29) is 5.97 Å². The third-order valence-electron chi connectivity index (χ3n) is 4.73. The van der Waals surface area contributed by atoms with Crippen molar-refractivity contribution in [1.29, 1.82) is 0 Å². The number of ether oxygens (including phenoxy) is 4. The number of hydrogen-bond donors (Lipinski definition) is 1. The molecule has 28 heavy (non-hydrogen) atoms. The van der Waals surface area contributed by atoms with Crippen LogP contribution >= 0.6 is 0 Å². The van der Waals surface area contributed by atoms with Crippen LogP contribution < -0.4 is 19.7 Å². The molecule has 1 aliphatic heterocycles. The Morgan fingerprint density at radius 3 is 2.54 bits per heavy atom. The summed E-state index contributed by atoms with van der Waals surface area (Å²) in [6, 6.07) is 11.4. The predicted octanol–water partition coefficient (Wildman–Crippen LogP) is 2.94. The molecule has 150 valence electrons. The van der Waals surface area contributed by atoms with Crippen LogP contribution in [0.25, 0.3) is 0 Å². The highest BCUT2D eigenvalue weighted by Crippen LogP contribution is 2.28. The topological polar surface area (TPSA) is 69.3 Å². The highest BCUT2D eigenvalue weighted by molar-refractivity contribution is 5.97. The van der Waals surface area contributed by atoms with Crippen LogP contribution in [-0.4, -0.2) is 53.6 Å². The molecule has 3 rings (SSSR count). The van der Waals surface area contributed by atoms with Gasteiger partial charge in [-0.05, 0) is 30.3 Å². The molecule has 1 heterocycles. The maximum absolute atomic E-state index is 12.3. The predicted molar refractivity (Wildman–Crippen MR) is 108 cm³/mol. The summed E-state index contributed by atoms with van der Waals surface area (Å²) in [5.74, 6) is 1.13. The normalized spacial score (nSPS) is 13.8. The summed E-state index contributed by atoms with van der Waals surface area (Å²) in [6.07, 6.45) is 0. The molecule has 2 aromatic rings. The van der Waals surface area contributed by atoms with Gasteiger partial charge < -0.3 is 29.2 Å². The van der Waals surface area contributed by atoms with E-state index in [0.29, 0.717) is 25.3 Å². The fraction of sp³-hybridized carbons (Fsp3) is 0.381. The fourth-order valence-electron chi connectivity index (χ4n) is 3.19. The Bertz CT molecular complexity index is 818. The average Bonchev–Trinajstić information content (AvgIpc) is 2.77. The molecular formula is C21H26N2O5. The van der Waals surface area contributed by atoms with Crippen LogP contribution in [0.15, 0.2) is 36.4 Å².